The molecule has 0 aliphatic carbocycles. The predicted octanol–water partition coefficient (Wildman–Crippen LogP) is 3.64. The molecule has 1 N–H and O–H groups in total. The molecule has 0 amide bonds. The summed E-state index contributed by atoms with van der Waals surface area (Å²) >= 11 is 0. The number of aryl methyl sites for hydroxylation is 1. The molecular weight excluding hydrogens is 459 g/mol. The molecule has 0 unspecified atom stereocenters. The van der Waals surface area contributed by atoms with Crippen LogP contribution in [-0.2, 0) is 5.54 Å². The maximum Gasteiger partial charge on any atom is 0.401 e. The fourth-order valence-electron chi connectivity index (χ4n) is 4.51. The third-order valence-corrected chi connectivity index (χ3v) is 6.15. The van der Waals surface area contributed by atoms with Gasteiger partial charge >= 0.3 is 6.18 Å². The van der Waals surface area contributed by atoms with E-state index in [4.69, 9.17) is 4.98 Å². The number of likely N-dealkylation sites (tertiary alicyclic amines) is 1. The summed E-state index contributed by atoms with van der Waals surface area (Å²) in [5.74, 6) is 0. The summed E-state index contributed by atoms with van der Waals surface area (Å²) in [6, 6.07) is 11.0. The van der Waals surface area contributed by atoms with Gasteiger partial charge in [0.25, 0.3) is 5.56 Å². The number of H-pyrrole nitrogens is 1. The van der Waals surface area contributed by atoms with Crippen molar-refractivity contribution in [3.05, 3.63) is 64.8 Å². The molecule has 0 aromatic carbocycles. The van der Waals surface area contributed by atoms with Crippen molar-refractivity contribution >= 4 is 10.9 Å². The minimum atomic E-state index is -4.30. The van der Waals surface area contributed by atoms with E-state index in [0.717, 1.165) is 5.39 Å². The van der Waals surface area contributed by atoms with Crippen LogP contribution in [-0.4, -0.2) is 55.4 Å². The molecule has 4 aromatic heterocycles. The molecule has 4 aromatic rings. The van der Waals surface area contributed by atoms with Crippen molar-refractivity contribution in [2.45, 2.75) is 25.1 Å². The number of pyridine rings is 3. The fraction of sp³-hybridized carbons (Fsp3) is 0.292. The highest BCUT2D eigenvalue weighted by Gasteiger charge is 2.48. The van der Waals surface area contributed by atoms with Crippen molar-refractivity contribution in [2.75, 3.05) is 19.6 Å². The van der Waals surface area contributed by atoms with E-state index < -0.39 is 18.3 Å². The number of rotatable bonds is 5. The van der Waals surface area contributed by atoms with Crippen LogP contribution in [0.4, 0.5) is 13.2 Å². The summed E-state index contributed by atoms with van der Waals surface area (Å²) in [6.07, 6.45) is 0.663. The van der Waals surface area contributed by atoms with Crippen LogP contribution in [0.2, 0.25) is 0 Å². The van der Waals surface area contributed by atoms with Gasteiger partial charge < -0.3 is 4.98 Å². The molecule has 35 heavy (non-hydrogen) atoms. The molecule has 0 atom stereocenters. The molecule has 0 radical (unpaired) electrons. The van der Waals surface area contributed by atoms with E-state index in [1.54, 1.807) is 48.4 Å². The quantitative estimate of drug-likeness (QED) is 0.469. The third kappa shape index (κ3) is 4.28. The number of halogens is 3. The molecule has 5 rings (SSSR count). The zero-order valence-electron chi connectivity index (χ0n) is 18.7. The maximum absolute atomic E-state index is 12.8. The van der Waals surface area contributed by atoms with Crippen LogP contribution >= 0.6 is 0 Å². The SMILES string of the molecule is Cc1cc(-c2cc3ncccc3c(-c3ccn(C4(CC#N)CN(CC(F)(F)F)C4)n3)n2)c[nH]c1=O. The van der Waals surface area contributed by atoms with Gasteiger partial charge in [0.15, 0.2) is 0 Å². The van der Waals surface area contributed by atoms with Crippen molar-refractivity contribution in [1.82, 2.24) is 29.6 Å². The Labute approximate surface area is 197 Å². The lowest BCUT2D eigenvalue weighted by atomic mass is 9.87. The van der Waals surface area contributed by atoms with Crippen LogP contribution in [0.15, 0.2) is 53.7 Å². The monoisotopic (exact) mass is 479 g/mol. The number of aromatic nitrogens is 5. The van der Waals surface area contributed by atoms with Gasteiger partial charge in [0.2, 0.25) is 0 Å². The van der Waals surface area contributed by atoms with Crippen LogP contribution in [0.5, 0.6) is 0 Å². The largest absolute Gasteiger partial charge is 0.401 e. The van der Waals surface area contributed by atoms with E-state index in [1.807, 2.05) is 12.1 Å². The molecule has 0 saturated carbocycles. The summed E-state index contributed by atoms with van der Waals surface area (Å²) in [5, 5.41) is 14.7. The summed E-state index contributed by atoms with van der Waals surface area (Å²) in [6.45, 7) is 0.841. The molecule has 8 nitrogen and oxygen atoms in total. The Morgan fingerprint density at radius 3 is 2.74 bits per heavy atom. The third-order valence-electron chi connectivity index (χ3n) is 6.15. The van der Waals surface area contributed by atoms with Gasteiger partial charge in [-0.3, -0.25) is 19.4 Å². The topological polar surface area (TPSA) is 103 Å². The number of fused-ring (bicyclic) bond motifs is 1. The van der Waals surface area contributed by atoms with Crippen LogP contribution in [0.25, 0.3) is 33.5 Å². The van der Waals surface area contributed by atoms with Crippen molar-refractivity contribution in [3.8, 4) is 28.7 Å². The number of hydrogen-bond donors (Lipinski definition) is 1. The minimum Gasteiger partial charge on any atom is -0.328 e. The second-order valence-electron chi connectivity index (χ2n) is 8.79. The van der Waals surface area contributed by atoms with E-state index >= 15 is 0 Å². The van der Waals surface area contributed by atoms with E-state index in [0.29, 0.717) is 33.7 Å². The normalized spacial score (nSPS) is 15.6. The van der Waals surface area contributed by atoms with Crippen LogP contribution in [0, 0.1) is 18.3 Å². The van der Waals surface area contributed by atoms with E-state index in [1.165, 1.54) is 4.90 Å². The average molecular weight is 479 g/mol. The second kappa shape index (κ2) is 8.32. The molecule has 5 heterocycles. The van der Waals surface area contributed by atoms with E-state index in [2.05, 4.69) is 21.1 Å². The molecule has 1 fully saturated rings. The van der Waals surface area contributed by atoms with Gasteiger partial charge in [-0.2, -0.15) is 23.5 Å². The molecule has 0 spiro atoms. The van der Waals surface area contributed by atoms with Crippen LogP contribution in [0.3, 0.4) is 0 Å². The number of aromatic amines is 1. The lowest BCUT2D eigenvalue weighted by Gasteiger charge is -2.49. The van der Waals surface area contributed by atoms with Crippen molar-refractivity contribution < 1.29 is 13.2 Å². The second-order valence-corrected chi connectivity index (χ2v) is 8.79. The van der Waals surface area contributed by atoms with Crippen molar-refractivity contribution in [3.63, 3.8) is 0 Å². The Morgan fingerprint density at radius 2 is 2.03 bits per heavy atom. The Morgan fingerprint density at radius 1 is 1.23 bits per heavy atom. The number of hydrogen-bond acceptors (Lipinski definition) is 6. The lowest BCUT2D eigenvalue weighted by molar-refractivity contribution is -0.167. The van der Waals surface area contributed by atoms with Gasteiger partial charge in [0, 0.05) is 48.2 Å². The molecule has 11 heteroatoms. The Balaban J connectivity index is 1.55. The summed E-state index contributed by atoms with van der Waals surface area (Å²) in [7, 11) is 0. The maximum atomic E-state index is 12.8. The van der Waals surface area contributed by atoms with E-state index in [-0.39, 0.29) is 25.1 Å². The first-order valence-electron chi connectivity index (χ1n) is 10.9. The Hall–Kier alpha value is -4.04. The molecule has 1 saturated heterocycles. The standard InChI is InChI=1S/C24H20F3N7O/c1-15-9-16(11-30-22(15)35)19-10-20-17(3-2-7-29-20)21(31-19)18-4-8-34(32-18)23(5-6-28)12-33(13-23)14-24(25,26)27/h2-4,7-11H,5,12-14H2,1H3,(H,30,35). The van der Waals surface area contributed by atoms with Gasteiger partial charge in [0.05, 0.1) is 30.2 Å². The highest BCUT2D eigenvalue weighted by Crippen LogP contribution is 2.36. The van der Waals surface area contributed by atoms with Crippen molar-refractivity contribution in [2.24, 2.45) is 0 Å². The predicted molar refractivity (Wildman–Crippen MR) is 122 cm³/mol. The minimum absolute atomic E-state index is 0.0366. The number of alkyl halides is 3. The van der Waals surface area contributed by atoms with Gasteiger partial charge in [-0.25, -0.2) is 4.98 Å². The Kier molecular flexibility index (Phi) is 5.40. The fourth-order valence-corrected chi connectivity index (χ4v) is 4.51. The zero-order chi connectivity index (χ0) is 24.8. The summed E-state index contributed by atoms with van der Waals surface area (Å²) in [4.78, 5) is 25.0. The van der Waals surface area contributed by atoms with Crippen LogP contribution < -0.4 is 5.56 Å². The van der Waals surface area contributed by atoms with Gasteiger partial charge in [-0.05, 0) is 37.3 Å². The van der Waals surface area contributed by atoms with Crippen LogP contribution in [0.1, 0.15) is 12.0 Å². The number of nitriles is 1. The Bertz CT molecular complexity index is 1510. The zero-order valence-corrected chi connectivity index (χ0v) is 18.7. The van der Waals surface area contributed by atoms with E-state index in [9.17, 15) is 23.2 Å². The lowest BCUT2D eigenvalue weighted by Crippen LogP contribution is -2.64. The molecule has 1 aliphatic heterocycles. The smallest absolute Gasteiger partial charge is 0.328 e. The summed E-state index contributed by atoms with van der Waals surface area (Å²) < 4.78 is 40.0. The number of nitrogens with one attached hydrogen (secondary N) is 1. The first kappa shape index (κ1) is 22.7. The molecular formula is C24H20F3N7O. The first-order chi connectivity index (χ1) is 16.7. The van der Waals surface area contributed by atoms with Gasteiger partial charge in [0.1, 0.15) is 16.9 Å². The molecule has 178 valence electrons. The van der Waals surface area contributed by atoms with Gasteiger partial charge in [-0.1, -0.05) is 0 Å². The highest BCUT2D eigenvalue weighted by atomic mass is 19.4. The van der Waals surface area contributed by atoms with Gasteiger partial charge in [-0.15, -0.1) is 0 Å². The molecule has 1 aliphatic rings. The highest BCUT2D eigenvalue weighted by molar-refractivity contribution is 5.93. The number of nitrogens with zero attached hydrogens (tertiary/aromatic N) is 6. The average Bonchev–Trinajstić information content (AvgIpc) is 3.28. The summed E-state index contributed by atoms with van der Waals surface area (Å²) in [5.41, 5.74) is 2.56. The first-order valence-corrected chi connectivity index (χ1v) is 10.9. The van der Waals surface area contributed by atoms with Crippen molar-refractivity contribution in [1.29, 1.82) is 5.26 Å². The molecule has 0 bridgehead atoms.